The van der Waals surface area contributed by atoms with Crippen molar-refractivity contribution in [1.82, 2.24) is 0 Å². The van der Waals surface area contributed by atoms with Crippen LogP contribution in [-0.2, 0) is 0 Å². The number of carbonyl (C=O) groups is 1. The van der Waals surface area contributed by atoms with Gasteiger partial charge >= 0.3 is 5.97 Å². The molecule has 104 valence electrons. The molecule has 0 aromatic heterocycles. The number of nitrogens with two attached hydrogens (primary N) is 1. The molecule has 3 N–H and O–H groups in total. The van der Waals surface area contributed by atoms with E-state index in [2.05, 4.69) is 10.9 Å². The van der Waals surface area contributed by atoms with Crippen molar-refractivity contribution in [3.63, 3.8) is 0 Å². The number of aliphatic imine (C=N–C) groups is 1. The molecule has 0 unspecified atom stereocenters. The lowest BCUT2D eigenvalue weighted by Gasteiger charge is -2.02. The number of unbranched alkanes of at least 4 members (excludes halogenated alkanes) is 2. The van der Waals surface area contributed by atoms with Crippen molar-refractivity contribution in [3.05, 3.63) is 41.6 Å². The normalized spacial score (nSPS) is 11.4. The summed E-state index contributed by atoms with van der Waals surface area (Å²) in [4.78, 5) is 15.1. The summed E-state index contributed by atoms with van der Waals surface area (Å²) in [6.45, 7) is 0.701. The lowest BCUT2D eigenvalue weighted by molar-refractivity contribution is 0.0697. The lowest BCUT2D eigenvalue weighted by atomic mass is 10.1. The van der Waals surface area contributed by atoms with Crippen molar-refractivity contribution >= 4 is 17.8 Å². The third kappa shape index (κ3) is 4.99. The van der Waals surface area contributed by atoms with Crippen LogP contribution in [0, 0.1) is 12.3 Å². The predicted octanol–water partition coefficient (Wildman–Crippen LogP) is 2.56. The molecule has 0 radical (unpaired) electrons. The van der Waals surface area contributed by atoms with Gasteiger partial charge in [0.2, 0.25) is 0 Å². The zero-order valence-corrected chi connectivity index (χ0v) is 11.2. The van der Waals surface area contributed by atoms with Crippen LogP contribution in [0.1, 0.15) is 35.2 Å². The molecule has 0 heterocycles. The van der Waals surface area contributed by atoms with Crippen LogP contribution >= 0.6 is 0 Å². The quantitative estimate of drug-likeness (QED) is 0.454. The van der Waals surface area contributed by atoms with E-state index < -0.39 is 5.97 Å². The van der Waals surface area contributed by atoms with Crippen LogP contribution in [0.4, 0.5) is 0 Å². The third-order valence-corrected chi connectivity index (χ3v) is 2.73. The molecule has 4 nitrogen and oxygen atoms in total. The number of hydrogen-bond acceptors (Lipinski definition) is 3. The number of terminal acetylenes is 1. The van der Waals surface area contributed by atoms with Crippen molar-refractivity contribution in [3.8, 4) is 12.3 Å². The van der Waals surface area contributed by atoms with Gasteiger partial charge in [0.25, 0.3) is 0 Å². The Bertz CT molecular complexity index is 537. The number of carboxylic acids is 1. The first-order valence-corrected chi connectivity index (χ1v) is 6.38. The smallest absolute Gasteiger partial charge is 0.335 e. The van der Waals surface area contributed by atoms with E-state index in [9.17, 15) is 4.79 Å². The Labute approximate surface area is 119 Å². The molecule has 0 amide bonds. The SMILES string of the molecule is C#CCCCCN=C/C(=C\N)c1ccc(C(=O)O)cc1. The molecule has 1 aromatic rings. The lowest BCUT2D eigenvalue weighted by Crippen LogP contribution is -1.97. The molecule has 0 aliphatic carbocycles. The predicted molar refractivity (Wildman–Crippen MR) is 81.6 cm³/mol. The third-order valence-electron chi connectivity index (χ3n) is 2.73. The summed E-state index contributed by atoms with van der Waals surface area (Å²) in [5.74, 6) is 1.64. The molecule has 1 aromatic carbocycles. The molecule has 0 bridgehead atoms. The minimum absolute atomic E-state index is 0.247. The highest BCUT2D eigenvalue weighted by Crippen LogP contribution is 2.13. The van der Waals surface area contributed by atoms with E-state index in [4.69, 9.17) is 17.3 Å². The zero-order valence-electron chi connectivity index (χ0n) is 11.2. The molecule has 4 heteroatoms. The molecule has 0 aliphatic rings. The highest BCUT2D eigenvalue weighted by atomic mass is 16.4. The number of aromatic carboxylic acids is 1. The number of benzene rings is 1. The van der Waals surface area contributed by atoms with Crippen LogP contribution in [0.3, 0.4) is 0 Å². The summed E-state index contributed by atoms with van der Waals surface area (Å²) in [7, 11) is 0. The van der Waals surface area contributed by atoms with Gasteiger partial charge in [-0.1, -0.05) is 12.1 Å². The average Bonchev–Trinajstić information content (AvgIpc) is 2.47. The van der Waals surface area contributed by atoms with Crippen LogP contribution in [0.2, 0.25) is 0 Å². The number of rotatable bonds is 7. The van der Waals surface area contributed by atoms with E-state index >= 15 is 0 Å². The second-order valence-corrected chi connectivity index (χ2v) is 4.20. The molecule has 0 atom stereocenters. The first-order valence-electron chi connectivity index (χ1n) is 6.38. The summed E-state index contributed by atoms with van der Waals surface area (Å²) in [5.41, 5.74) is 7.42. The van der Waals surface area contributed by atoms with Crippen molar-refractivity contribution in [2.75, 3.05) is 6.54 Å². The molecule has 1 rings (SSSR count). The van der Waals surface area contributed by atoms with Gasteiger partial charge in [-0.3, -0.25) is 4.99 Å². The minimum atomic E-state index is -0.947. The van der Waals surface area contributed by atoms with E-state index in [0.717, 1.165) is 30.4 Å². The maximum absolute atomic E-state index is 10.8. The second kappa shape index (κ2) is 8.54. The van der Waals surface area contributed by atoms with Gasteiger partial charge in [0.1, 0.15) is 0 Å². The number of hydrogen-bond donors (Lipinski definition) is 2. The Morgan fingerprint density at radius 3 is 2.50 bits per heavy atom. The topological polar surface area (TPSA) is 75.7 Å². The maximum atomic E-state index is 10.8. The first kappa shape index (κ1) is 15.5. The summed E-state index contributed by atoms with van der Waals surface area (Å²) in [6.07, 6.45) is 11.0. The Morgan fingerprint density at radius 2 is 1.95 bits per heavy atom. The average molecular weight is 270 g/mol. The summed E-state index contributed by atoms with van der Waals surface area (Å²) in [5, 5.41) is 8.84. The Kier molecular flexibility index (Phi) is 6.63. The molecule has 20 heavy (non-hydrogen) atoms. The van der Waals surface area contributed by atoms with Gasteiger partial charge < -0.3 is 10.8 Å². The highest BCUT2D eigenvalue weighted by molar-refractivity contribution is 6.09. The van der Waals surface area contributed by atoms with Crippen LogP contribution in [0.5, 0.6) is 0 Å². The Morgan fingerprint density at radius 1 is 1.30 bits per heavy atom. The number of nitrogens with zero attached hydrogens (tertiary/aromatic N) is 1. The molecule has 0 aliphatic heterocycles. The van der Waals surface area contributed by atoms with E-state index in [1.807, 2.05) is 0 Å². The van der Waals surface area contributed by atoms with Gasteiger partial charge in [-0.05, 0) is 30.5 Å². The van der Waals surface area contributed by atoms with Gasteiger partial charge in [-0.2, -0.15) is 0 Å². The molecule has 0 spiro atoms. The molecule has 0 saturated carbocycles. The van der Waals surface area contributed by atoms with E-state index in [-0.39, 0.29) is 5.56 Å². The molecule has 0 fully saturated rings. The standard InChI is InChI=1S/C16H18N2O2/c1-2-3-4-5-10-18-12-15(11-17)13-6-8-14(9-7-13)16(19)20/h1,6-9,11-12H,3-5,10,17H2,(H,19,20)/b15-11+,18-12?. The molecule has 0 saturated heterocycles. The highest BCUT2D eigenvalue weighted by Gasteiger charge is 2.03. The van der Waals surface area contributed by atoms with E-state index in [1.165, 1.54) is 6.20 Å². The largest absolute Gasteiger partial charge is 0.478 e. The summed E-state index contributed by atoms with van der Waals surface area (Å²) >= 11 is 0. The monoisotopic (exact) mass is 270 g/mol. The summed E-state index contributed by atoms with van der Waals surface area (Å²) < 4.78 is 0. The van der Waals surface area contributed by atoms with Gasteiger partial charge in [0, 0.05) is 31.0 Å². The van der Waals surface area contributed by atoms with Gasteiger partial charge in [0.15, 0.2) is 0 Å². The van der Waals surface area contributed by atoms with Gasteiger partial charge in [-0.15, -0.1) is 12.3 Å². The zero-order chi connectivity index (χ0) is 14.8. The fraction of sp³-hybridized carbons (Fsp3) is 0.250. The van der Waals surface area contributed by atoms with Crippen molar-refractivity contribution < 1.29 is 9.90 Å². The van der Waals surface area contributed by atoms with E-state index in [1.54, 1.807) is 30.5 Å². The van der Waals surface area contributed by atoms with Crippen molar-refractivity contribution in [2.24, 2.45) is 10.7 Å². The first-order chi connectivity index (χ1) is 9.69. The van der Waals surface area contributed by atoms with Gasteiger partial charge in [-0.25, -0.2) is 4.79 Å². The van der Waals surface area contributed by atoms with Crippen LogP contribution < -0.4 is 5.73 Å². The fourth-order valence-corrected chi connectivity index (χ4v) is 1.61. The van der Waals surface area contributed by atoms with Crippen LogP contribution in [0.15, 0.2) is 35.5 Å². The Balaban J connectivity index is 2.61. The van der Waals surface area contributed by atoms with Crippen LogP contribution in [0.25, 0.3) is 5.57 Å². The maximum Gasteiger partial charge on any atom is 0.335 e. The second-order valence-electron chi connectivity index (χ2n) is 4.20. The van der Waals surface area contributed by atoms with E-state index in [0.29, 0.717) is 6.54 Å². The number of allylic oxidation sites excluding steroid dienone is 1. The van der Waals surface area contributed by atoms with Crippen LogP contribution in [-0.4, -0.2) is 23.8 Å². The van der Waals surface area contributed by atoms with Gasteiger partial charge in [0.05, 0.1) is 5.56 Å². The van der Waals surface area contributed by atoms with Crippen molar-refractivity contribution in [2.45, 2.75) is 19.3 Å². The fourth-order valence-electron chi connectivity index (χ4n) is 1.61. The molecular formula is C16H18N2O2. The molecular weight excluding hydrogens is 252 g/mol. The minimum Gasteiger partial charge on any atom is -0.478 e. The van der Waals surface area contributed by atoms with Crippen molar-refractivity contribution in [1.29, 1.82) is 0 Å². The number of carboxylic acid groups (broad SMARTS) is 1. The Hall–Kier alpha value is -2.54. The summed E-state index contributed by atoms with van der Waals surface area (Å²) in [6, 6.07) is 6.52.